The second-order valence-corrected chi connectivity index (χ2v) is 7.44. The molecule has 0 aromatic heterocycles. The van der Waals surface area contributed by atoms with Crippen LogP contribution in [0.5, 0.6) is 11.5 Å². The van der Waals surface area contributed by atoms with Crippen molar-refractivity contribution in [2.75, 3.05) is 58.1 Å². The highest BCUT2D eigenvalue weighted by atomic mass is 127. The third-order valence-electron chi connectivity index (χ3n) is 4.49. The molecular weight excluding hydrogens is 475 g/mol. The maximum absolute atomic E-state index is 5.47. The van der Waals surface area contributed by atoms with Gasteiger partial charge in [0.25, 0.3) is 0 Å². The number of benzene rings is 1. The Kier molecular flexibility index (Phi) is 9.57. The van der Waals surface area contributed by atoms with E-state index in [2.05, 4.69) is 38.8 Å². The van der Waals surface area contributed by atoms with Crippen molar-refractivity contribution in [1.82, 2.24) is 15.1 Å². The number of ether oxygens (including phenoxy) is 2. The minimum atomic E-state index is 0. The van der Waals surface area contributed by atoms with Crippen LogP contribution in [-0.4, -0.2) is 73.8 Å². The SMILES string of the molecule is C=CCSCCNC(=NC)N1CCN(Cc2ccc3c(c2)OCO3)CC1.I. The van der Waals surface area contributed by atoms with Gasteiger partial charge in [0.05, 0.1) is 0 Å². The van der Waals surface area contributed by atoms with Gasteiger partial charge in [-0.15, -0.1) is 30.6 Å². The molecule has 1 N–H and O–H groups in total. The lowest BCUT2D eigenvalue weighted by molar-refractivity contribution is 0.171. The van der Waals surface area contributed by atoms with E-state index in [1.165, 1.54) is 5.56 Å². The molecule has 8 heteroatoms. The number of piperazine rings is 1. The predicted octanol–water partition coefficient (Wildman–Crippen LogP) is 2.65. The second kappa shape index (κ2) is 11.7. The van der Waals surface area contributed by atoms with Crippen LogP contribution >= 0.6 is 35.7 Å². The van der Waals surface area contributed by atoms with E-state index in [1.54, 1.807) is 0 Å². The van der Waals surface area contributed by atoms with E-state index in [0.29, 0.717) is 6.79 Å². The van der Waals surface area contributed by atoms with Crippen LogP contribution in [0.1, 0.15) is 5.56 Å². The standard InChI is InChI=1S/C19H28N4O2S.HI/c1-3-11-26-12-6-21-19(20-2)23-9-7-22(8-10-23)14-16-4-5-17-18(13-16)25-15-24-17;/h3-5,13H,1,6-12,14-15H2,2H3,(H,20,21);1H. The molecule has 3 rings (SSSR count). The molecule has 0 bridgehead atoms. The molecule has 2 aliphatic heterocycles. The fourth-order valence-corrected chi connectivity index (χ4v) is 3.73. The molecule has 150 valence electrons. The van der Waals surface area contributed by atoms with Crippen molar-refractivity contribution < 1.29 is 9.47 Å². The highest BCUT2D eigenvalue weighted by molar-refractivity contribution is 14.0. The van der Waals surface area contributed by atoms with E-state index < -0.39 is 0 Å². The molecule has 0 amide bonds. The summed E-state index contributed by atoms with van der Waals surface area (Å²) in [6, 6.07) is 6.22. The van der Waals surface area contributed by atoms with Crippen molar-refractivity contribution in [2.45, 2.75) is 6.54 Å². The fraction of sp³-hybridized carbons (Fsp3) is 0.526. The van der Waals surface area contributed by atoms with Gasteiger partial charge in [-0.3, -0.25) is 9.89 Å². The molecule has 0 unspecified atom stereocenters. The summed E-state index contributed by atoms with van der Waals surface area (Å²) in [4.78, 5) is 9.25. The average Bonchev–Trinajstić information content (AvgIpc) is 3.13. The van der Waals surface area contributed by atoms with Crippen LogP contribution in [0.2, 0.25) is 0 Å². The van der Waals surface area contributed by atoms with Crippen LogP contribution < -0.4 is 14.8 Å². The Morgan fingerprint density at radius 2 is 2.04 bits per heavy atom. The van der Waals surface area contributed by atoms with E-state index in [0.717, 1.165) is 68.2 Å². The summed E-state index contributed by atoms with van der Waals surface area (Å²) in [7, 11) is 1.86. The van der Waals surface area contributed by atoms with E-state index in [-0.39, 0.29) is 24.0 Å². The highest BCUT2D eigenvalue weighted by Crippen LogP contribution is 2.32. The predicted molar refractivity (Wildman–Crippen MR) is 124 cm³/mol. The normalized spacial score (nSPS) is 16.8. The van der Waals surface area contributed by atoms with E-state index in [9.17, 15) is 0 Å². The molecule has 0 atom stereocenters. The molecule has 27 heavy (non-hydrogen) atoms. The van der Waals surface area contributed by atoms with Crippen molar-refractivity contribution >= 4 is 41.7 Å². The van der Waals surface area contributed by atoms with Gasteiger partial charge in [0.1, 0.15) is 0 Å². The first-order valence-electron chi connectivity index (χ1n) is 9.05. The zero-order valence-electron chi connectivity index (χ0n) is 15.9. The smallest absolute Gasteiger partial charge is 0.231 e. The zero-order chi connectivity index (χ0) is 18.2. The first kappa shape index (κ1) is 22.2. The number of fused-ring (bicyclic) bond motifs is 1. The van der Waals surface area contributed by atoms with Crippen molar-refractivity contribution in [2.24, 2.45) is 4.99 Å². The average molecular weight is 504 g/mol. The Balaban J connectivity index is 0.00000261. The minimum absolute atomic E-state index is 0. The second-order valence-electron chi connectivity index (χ2n) is 6.29. The summed E-state index contributed by atoms with van der Waals surface area (Å²) in [5, 5.41) is 3.46. The van der Waals surface area contributed by atoms with E-state index in [1.807, 2.05) is 31.0 Å². The maximum atomic E-state index is 5.47. The summed E-state index contributed by atoms with van der Waals surface area (Å²) < 4.78 is 10.9. The van der Waals surface area contributed by atoms with Gasteiger partial charge in [-0.1, -0.05) is 12.1 Å². The van der Waals surface area contributed by atoms with Crippen LogP contribution in [0.15, 0.2) is 35.8 Å². The molecule has 1 aromatic carbocycles. The molecule has 0 spiro atoms. The maximum Gasteiger partial charge on any atom is 0.231 e. The number of guanidine groups is 1. The van der Waals surface area contributed by atoms with Gasteiger partial charge in [-0.05, 0) is 17.7 Å². The number of halogens is 1. The Hall–Kier alpha value is -1.13. The van der Waals surface area contributed by atoms with Gasteiger partial charge < -0.3 is 19.7 Å². The van der Waals surface area contributed by atoms with Gasteiger partial charge in [0, 0.05) is 57.8 Å². The van der Waals surface area contributed by atoms with Crippen LogP contribution in [0.3, 0.4) is 0 Å². The lowest BCUT2D eigenvalue weighted by Crippen LogP contribution is -2.52. The topological polar surface area (TPSA) is 49.3 Å². The van der Waals surface area contributed by atoms with Crippen LogP contribution in [-0.2, 0) is 6.54 Å². The quantitative estimate of drug-likeness (QED) is 0.203. The number of nitrogens with one attached hydrogen (secondary N) is 1. The molecular formula is C19H29IN4O2S. The molecule has 0 aliphatic carbocycles. The lowest BCUT2D eigenvalue weighted by atomic mass is 10.1. The summed E-state index contributed by atoms with van der Waals surface area (Å²) >= 11 is 1.88. The Bertz CT molecular complexity index is 636. The number of nitrogens with zero attached hydrogens (tertiary/aromatic N) is 3. The van der Waals surface area contributed by atoms with Crippen molar-refractivity contribution in [3.05, 3.63) is 36.4 Å². The minimum Gasteiger partial charge on any atom is -0.454 e. The molecule has 2 heterocycles. The summed E-state index contributed by atoms with van der Waals surface area (Å²) in [6.45, 7) is 9.98. The van der Waals surface area contributed by atoms with Crippen molar-refractivity contribution in [3.63, 3.8) is 0 Å². The van der Waals surface area contributed by atoms with Crippen LogP contribution in [0.4, 0.5) is 0 Å². The number of aliphatic imine (C=N–C) groups is 1. The largest absolute Gasteiger partial charge is 0.454 e. The third-order valence-corrected chi connectivity index (χ3v) is 5.46. The number of thioether (sulfide) groups is 1. The molecule has 6 nitrogen and oxygen atoms in total. The summed E-state index contributed by atoms with van der Waals surface area (Å²) in [5.41, 5.74) is 1.27. The van der Waals surface area contributed by atoms with Crippen molar-refractivity contribution in [3.8, 4) is 11.5 Å². The number of hydrogen-bond donors (Lipinski definition) is 1. The Morgan fingerprint density at radius 1 is 1.26 bits per heavy atom. The molecule has 1 saturated heterocycles. The van der Waals surface area contributed by atoms with Gasteiger partial charge in [0.15, 0.2) is 17.5 Å². The molecule has 0 radical (unpaired) electrons. The lowest BCUT2D eigenvalue weighted by Gasteiger charge is -2.36. The number of rotatable bonds is 7. The Labute approximate surface area is 183 Å². The van der Waals surface area contributed by atoms with Crippen molar-refractivity contribution in [1.29, 1.82) is 0 Å². The molecule has 1 aromatic rings. The molecule has 2 aliphatic rings. The van der Waals surface area contributed by atoms with Gasteiger partial charge >= 0.3 is 0 Å². The third kappa shape index (κ3) is 6.46. The van der Waals surface area contributed by atoms with E-state index in [4.69, 9.17) is 9.47 Å². The van der Waals surface area contributed by atoms with Gasteiger partial charge in [-0.25, -0.2) is 0 Å². The summed E-state index contributed by atoms with van der Waals surface area (Å²) in [5.74, 6) is 4.78. The van der Waals surface area contributed by atoms with E-state index >= 15 is 0 Å². The van der Waals surface area contributed by atoms with Crippen LogP contribution in [0, 0.1) is 0 Å². The molecule has 0 saturated carbocycles. The number of hydrogen-bond acceptors (Lipinski definition) is 5. The monoisotopic (exact) mass is 504 g/mol. The first-order chi connectivity index (χ1) is 12.8. The van der Waals surface area contributed by atoms with Gasteiger partial charge in [-0.2, -0.15) is 11.8 Å². The fourth-order valence-electron chi connectivity index (χ4n) is 3.15. The Morgan fingerprint density at radius 3 is 2.78 bits per heavy atom. The highest BCUT2D eigenvalue weighted by Gasteiger charge is 2.20. The summed E-state index contributed by atoms with van der Waals surface area (Å²) in [6.07, 6.45) is 1.94. The molecule has 1 fully saturated rings. The van der Waals surface area contributed by atoms with Crippen LogP contribution in [0.25, 0.3) is 0 Å². The zero-order valence-corrected chi connectivity index (χ0v) is 19.0. The first-order valence-corrected chi connectivity index (χ1v) is 10.2. The van der Waals surface area contributed by atoms with Gasteiger partial charge in [0.2, 0.25) is 6.79 Å².